The maximum atomic E-state index is 14.1. The molecule has 3 aromatic heterocycles. The van der Waals surface area contributed by atoms with Crippen LogP contribution < -0.4 is 20.3 Å². The highest BCUT2D eigenvalue weighted by atomic mass is 32.1. The minimum Gasteiger partial charge on any atom is -0.496 e. The van der Waals surface area contributed by atoms with Gasteiger partial charge in [0, 0.05) is 76.1 Å². The summed E-state index contributed by atoms with van der Waals surface area (Å²) in [5, 5.41) is 14.8. The van der Waals surface area contributed by atoms with Crippen molar-refractivity contribution in [2.24, 2.45) is 18.4 Å². The number of carbonyl (C=O) groups is 3. The number of ketones is 1. The summed E-state index contributed by atoms with van der Waals surface area (Å²) in [4.78, 5) is 66.6. The number of aliphatic hydroxyl groups is 1. The number of methoxy groups -OCH3 is 2. The minimum absolute atomic E-state index is 0.0190. The topological polar surface area (TPSA) is 175 Å². The molecular formula is C48H60N6O9S. The van der Waals surface area contributed by atoms with E-state index in [1.54, 1.807) is 55.8 Å². The number of hydrogen-bond acceptors (Lipinski definition) is 13. The highest BCUT2D eigenvalue weighted by molar-refractivity contribution is 7.13. The van der Waals surface area contributed by atoms with Crippen LogP contribution >= 0.6 is 11.3 Å². The number of likely N-dealkylation sites (N-methyl/N-ethyl adjacent to an activating group) is 1. The molecule has 0 unspecified atom stereocenters. The Morgan fingerprint density at radius 1 is 1.00 bits per heavy atom. The number of carbonyl (C=O) groups excluding carboxylic acids is 3. The van der Waals surface area contributed by atoms with Crippen molar-refractivity contribution in [3.63, 3.8) is 0 Å². The first-order chi connectivity index (χ1) is 30.6. The van der Waals surface area contributed by atoms with Gasteiger partial charge in [0.05, 0.1) is 67.2 Å². The first-order valence-corrected chi connectivity index (χ1v) is 22.3. The van der Waals surface area contributed by atoms with E-state index in [4.69, 9.17) is 18.9 Å². The van der Waals surface area contributed by atoms with Gasteiger partial charge in [-0.15, -0.1) is 11.3 Å². The second kappa shape index (κ2) is 21.4. The Hall–Kier alpha value is -5.52. The average molecular weight is 897 g/mol. The molecule has 1 fully saturated rings. The smallest absolute Gasteiger partial charge is 0.259 e. The largest absolute Gasteiger partial charge is 0.496 e. The lowest BCUT2D eigenvalue weighted by atomic mass is 9.77. The van der Waals surface area contributed by atoms with Gasteiger partial charge < -0.3 is 38.8 Å². The molecule has 0 radical (unpaired) electrons. The maximum absolute atomic E-state index is 14.1. The Morgan fingerprint density at radius 2 is 1.70 bits per heavy atom. The predicted molar refractivity (Wildman–Crippen MR) is 246 cm³/mol. The van der Waals surface area contributed by atoms with Crippen LogP contribution in [0.2, 0.25) is 0 Å². The Labute approximate surface area is 378 Å². The second-order valence-electron chi connectivity index (χ2n) is 17.4. The van der Waals surface area contributed by atoms with E-state index in [9.17, 15) is 24.3 Å². The van der Waals surface area contributed by atoms with E-state index in [0.29, 0.717) is 36.6 Å². The lowest BCUT2D eigenvalue weighted by Gasteiger charge is -2.34. The number of benzene rings is 2. The molecule has 15 nitrogen and oxygen atoms in total. The number of likely N-dealkylation sites (tertiary alicyclic amines) is 1. The van der Waals surface area contributed by atoms with Crippen molar-refractivity contribution in [1.29, 1.82) is 0 Å². The number of Topliss-reactive ketones (excluding diaryl/α,β-unsaturated/α-hetero) is 1. The van der Waals surface area contributed by atoms with Gasteiger partial charge in [-0.05, 0) is 59.7 Å². The zero-order chi connectivity index (χ0) is 46.1. The molecule has 16 heteroatoms. The van der Waals surface area contributed by atoms with Crippen molar-refractivity contribution in [3.8, 4) is 33.1 Å². The summed E-state index contributed by atoms with van der Waals surface area (Å²) in [6.45, 7) is 9.72. The van der Waals surface area contributed by atoms with Gasteiger partial charge in [-0.1, -0.05) is 45.0 Å². The second-order valence-corrected chi connectivity index (χ2v) is 18.2. The molecule has 4 heterocycles. The van der Waals surface area contributed by atoms with Crippen molar-refractivity contribution in [3.05, 3.63) is 93.7 Å². The third kappa shape index (κ3) is 11.6. The number of nitrogens with zero attached hydrogens (tertiary/aromatic N) is 5. The molecule has 5 aromatic rings. The Kier molecular flexibility index (Phi) is 16.1. The van der Waals surface area contributed by atoms with Gasteiger partial charge in [0.1, 0.15) is 24.1 Å². The van der Waals surface area contributed by atoms with Crippen LogP contribution in [0.3, 0.4) is 0 Å². The van der Waals surface area contributed by atoms with Gasteiger partial charge in [0.15, 0.2) is 5.78 Å². The van der Waals surface area contributed by atoms with Gasteiger partial charge in [0.25, 0.3) is 5.56 Å². The van der Waals surface area contributed by atoms with Crippen LogP contribution in [-0.2, 0) is 44.0 Å². The summed E-state index contributed by atoms with van der Waals surface area (Å²) in [6.07, 6.45) is 4.26. The molecule has 1 aliphatic heterocycles. The van der Waals surface area contributed by atoms with Crippen molar-refractivity contribution < 1.29 is 38.4 Å². The molecule has 64 heavy (non-hydrogen) atoms. The quantitative estimate of drug-likeness (QED) is 0.0953. The number of nitrogens with one attached hydrogen (secondary N) is 1. The number of β-amino-alcohol motifs (C(OH)–C–C–N with tert-alkyl or cyclic N) is 1. The molecule has 0 bridgehead atoms. The number of aryl methyl sites for hydroxylation is 2. The molecule has 0 aliphatic carbocycles. The van der Waals surface area contributed by atoms with Gasteiger partial charge in [0.2, 0.25) is 11.8 Å². The Bertz CT molecular complexity index is 2460. The van der Waals surface area contributed by atoms with Gasteiger partial charge in [-0.3, -0.25) is 29.1 Å². The normalized spacial score (nSPS) is 15.8. The maximum Gasteiger partial charge on any atom is 0.259 e. The van der Waals surface area contributed by atoms with Crippen LogP contribution in [0.5, 0.6) is 11.5 Å². The van der Waals surface area contributed by atoms with Gasteiger partial charge >= 0.3 is 0 Å². The molecule has 342 valence electrons. The molecule has 0 spiro atoms. The number of aliphatic hydroxyl groups excluding tert-OH is 1. The first kappa shape index (κ1) is 47.9. The van der Waals surface area contributed by atoms with E-state index in [2.05, 4.69) is 20.2 Å². The number of rotatable bonds is 20. The fourth-order valence-corrected chi connectivity index (χ4v) is 8.84. The number of ether oxygens (including phenoxy) is 4. The van der Waals surface area contributed by atoms with E-state index < -0.39 is 23.5 Å². The summed E-state index contributed by atoms with van der Waals surface area (Å²) >= 11 is 1.58. The fraction of sp³-hybridized carbons (Fsp3) is 0.458. The molecule has 6 rings (SSSR count). The number of aromatic nitrogens is 3. The molecule has 2 amide bonds. The van der Waals surface area contributed by atoms with Crippen LogP contribution in [0.4, 0.5) is 0 Å². The van der Waals surface area contributed by atoms with Crippen LogP contribution in [0.1, 0.15) is 50.4 Å². The van der Waals surface area contributed by atoms with Crippen LogP contribution in [0.15, 0.2) is 71.4 Å². The van der Waals surface area contributed by atoms with Crippen molar-refractivity contribution in [2.45, 2.75) is 65.8 Å². The molecule has 0 saturated carbocycles. The van der Waals surface area contributed by atoms with Crippen molar-refractivity contribution >= 4 is 39.7 Å². The predicted octanol–water partition coefficient (Wildman–Crippen LogP) is 5.41. The van der Waals surface area contributed by atoms with Crippen LogP contribution in [-0.4, -0.2) is 120 Å². The molecule has 2 N–H and O–H groups in total. The Balaban J connectivity index is 0.948. The molecule has 1 aliphatic rings. The monoisotopic (exact) mass is 896 g/mol. The lowest BCUT2D eigenvalue weighted by Crippen LogP contribution is -2.50. The van der Waals surface area contributed by atoms with Crippen molar-refractivity contribution in [2.75, 3.05) is 60.8 Å². The molecular weight excluding hydrogens is 837 g/mol. The lowest BCUT2D eigenvalue weighted by molar-refractivity contribution is -0.146. The van der Waals surface area contributed by atoms with Crippen LogP contribution in [0, 0.1) is 18.3 Å². The van der Waals surface area contributed by atoms with Crippen LogP contribution in [0.25, 0.3) is 32.3 Å². The third-order valence-corrected chi connectivity index (χ3v) is 12.6. The third-order valence-electron chi connectivity index (χ3n) is 11.7. The zero-order valence-electron chi connectivity index (χ0n) is 38.0. The fourth-order valence-electron chi connectivity index (χ4n) is 8.03. The van der Waals surface area contributed by atoms with E-state index in [0.717, 1.165) is 43.8 Å². The average Bonchev–Trinajstić information content (AvgIpc) is 3.90. The molecule has 2 aromatic carbocycles. The van der Waals surface area contributed by atoms with E-state index in [-0.39, 0.29) is 68.9 Å². The highest BCUT2D eigenvalue weighted by Gasteiger charge is 2.44. The minimum atomic E-state index is -0.851. The summed E-state index contributed by atoms with van der Waals surface area (Å²) in [5.41, 5.74) is 6.57. The first-order valence-electron chi connectivity index (χ1n) is 21.4. The van der Waals surface area contributed by atoms with E-state index >= 15 is 0 Å². The molecule has 3 atom stereocenters. The standard InChI is InChI=1S/C48H60N6O9S/c1-30-44(64-29-51-30)32-11-9-31(10-12-32)23-50-45(57)41-22-34(55)25-54(41)47(59)40(48(2,3)4)21-35(56)28-63-18-17-62-16-15-52(5)26-39-42(60-7)19-33(20-43(39)61-8)38-27-53(6)46(58)37-24-49-14-13-36(37)38/h9-14,19-20,24,27,29,34,40-41,55H,15-18,21-23,25-26,28H2,1-8H3,(H,50,57)/t34-,40-,41+/m1/s1. The summed E-state index contributed by atoms with van der Waals surface area (Å²) in [7, 11) is 6.91. The number of hydrogen-bond donors (Lipinski definition) is 2. The summed E-state index contributed by atoms with van der Waals surface area (Å²) < 4.78 is 24.7. The summed E-state index contributed by atoms with van der Waals surface area (Å²) in [5.74, 6) is -0.353. The van der Waals surface area contributed by atoms with Gasteiger partial charge in [-0.25, -0.2) is 4.98 Å². The highest BCUT2D eigenvalue weighted by Crippen LogP contribution is 2.38. The number of amides is 2. The SMILES string of the molecule is COc1cc(-c2cn(C)c(=O)c3cnccc23)cc(OC)c1CN(C)CCOCCOCC(=O)C[C@H](C(=O)N1C[C@H](O)C[C@H]1C(=O)NCc1ccc(-c2scnc2C)cc1)C(C)(C)C. The Morgan fingerprint density at radius 3 is 2.36 bits per heavy atom. The van der Waals surface area contributed by atoms with Crippen molar-refractivity contribution in [1.82, 2.24) is 29.7 Å². The van der Waals surface area contributed by atoms with Gasteiger partial charge in [-0.2, -0.15) is 0 Å². The summed E-state index contributed by atoms with van der Waals surface area (Å²) in [6, 6.07) is 12.8. The van der Waals surface area contributed by atoms with E-state index in [1.807, 2.05) is 82.7 Å². The number of fused-ring (bicyclic) bond motifs is 1. The number of pyridine rings is 2. The van der Waals surface area contributed by atoms with E-state index in [1.165, 1.54) is 4.90 Å². The number of thiazole rings is 1. The zero-order valence-corrected chi connectivity index (χ0v) is 38.8. The molecule has 1 saturated heterocycles.